The smallest absolute Gasteiger partial charge is 0.254 e. The van der Waals surface area contributed by atoms with Crippen molar-refractivity contribution in [3.8, 4) is 0 Å². The van der Waals surface area contributed by atoms with E-state index in [2.05, 4.69) is 24.1 Å². The maximum Gasteiger partial charge on any atom is 0.254 e. The minimum atomic E-state index is 0.118. The van der Waals surface area contributed by atoms with E-state index < -0.39 is 0 Å². The van der Waals surface area contributed by atoms with E-state index in [0.717, 1.165) is 30.8 Å². The molecule has 0 radical (unpaired) electrons. The maximum atomic E-state index is 12.9. The fourth-order valence-electron chi connectivity index (χ4n) is 3.07. The summed E-state index contributed by atoms with van der Waals surface area (Å²) < 4.78 is 0. The van der Waals surface area contributed by atoms with E-state index in [0.29, 0.717) is 0 Å². The Morgan fingerprint density at radius 1 is 1.05 bits per heavy atom. The molecular formula is C19H22N2O. The molecule has 3 rings (SSSR count). The molecule has 0 aliphatic carbocycles. The second-order valence-electron chi connectivity index (χ2n) is 6.06. The van der Waals surface area contributed by atoms with Crippen molar-refractivity contribution in [2.24, 2.45) is 0 Å². The normalized spacial score (nSPS) is 19.2. The summed E-state index contributed by atoms with van der Waals surface area (Å²) in [4.78, 5) is 17.3. The number of carbonyl (C=O) groups excluding carboxylic acids is 1. The zero-order chi connectivity index (χ0) is 15.5. The van der Waals surface area contributed by atoms with Gasteiger partial charge < -0.3 is 9.80 Å². The summed E-state index contributed by atoms with van der Waals surface area (Å²) in [7, 11) is 2.12. The van der Waals surface area contributed by atoms with Crippen LogP contribution in [0.5, 0.6) is 0 Å². The van der Waals surface area contributed by atoms with Gasteiger partial charge in [0.25, 0.3) is 5.91 Å². The van der Waals surface area contributed by atoms with Gasteiger partial charge in [-0.1, -0.05) is 48.0 Å². The first kappa shape index (κ1) is 14.8. The van der Waals surface area contributed by atoms with Crippen LogP contribution in [0.2, 0.25) is 0 Å². The zero-order valence-corrected chi connectivity index (χ0v) is 13.2. The molecule has 0 N–H and O–H groups in total. The van der Waals surface area contributed by atoms with Crippen molar-refractivity contribution < 1.29 is 4.79 Å². The molecule has 3 heteroatoms. The van der Waals surface area contributed by atoms with Crippen LogP contribution < -0.4 is 0 Å². The molecule has 3 nitrogen and oxygen atoms in total. The van der Waals surface area contributed by atoms with Gasteiger partial charge in [-0.3, -0.25) is 4.79 Å². The molecule has 114 valence electrons. The first-order chi connectivity index (χ1) is 10.6. The van der Waals surface area contributed by atoms with Crippen LogP contribution >= 0.6 is 0 Å². The molecule has 1 unspecified atom stereocenters. The van der Waals surface area contributed by atoms with E-state index in [9.17, 15) is 4.79 Å². The molecule has 0 bridgehead atoms. The molecule has 0 saturated carbocycles. The van der Waals surface area contributed by atoms with Crippen LogP contribution in [0.25, 0.3) is 0 Å². The van der Waals surface area contributed by atoms with Gasteiger partial charge in [-0.2, -0.15) is 0 Å². The number of rotatable bonds is 2. The van der Waals surface area contributed by atoms with E-state index >= 15 is 0 Å². The Kier molecular flexibility index (Phi) is 4.25. The number of aryl methyl sites for hydroxylation is 1. The molecule has 1 heterocycles. The van der Waals surface area contributed by atoms with Gasteiger partial charge in [-0.25, -0.2) is 0 Å². The average molecular weight is 294 g/mol. The number of hydrogen-bond donors (Lipinski definition) is 0. The summed E-state index contributed by atoms with van der Waals surface area (Å²) in [6.07, 6.45) is 0. The molecule has 1 aliphatic rings. The largest absolute Gasteiger partial charge is 0.329 e. The van der Waals surface area contributed by atoms with Crippen molar-refractivity contribution in [1.29, 1.82) is 0 Å². The highest BCUT2D eigenvalue weighted by Gasteiger charge is 2.30. The number of benzene rings is 2. The molecule has 1 fully saturated rings. The lowest BCUT2D eigenvalue weighted by atomic mass is 10.0. The number of hydrogen-bond acceptors (Lipinski definition) is 2. The molecule has 1 amide bonds. The second-order valence-corrected chi connectivity index (χ2v) is 6.06. The van der Waals surface area contributed by atoms with Crippen molar-refractivity contribution in [2.45, 2.75) is 13.0 Å². The Morgan fingerprint density at radius 2 is 1.82 bits per heavy atom. The molecule has 2 aromatic rings. The Labute approximate surface area is 132 Å². The predicted octanol–water partition coefficient (Wildman–Crippen LogP) is 3.12. The number of amides is 1. The highest BCUT2D eigenvalue weighted by molar-refractivity contribution is 5.94. The van der Waals surface area contributed by atoms with E-state index in [4.69, 9.17) is 0 Å². The van der Waals surface area contributed by atoms with Crippen molar-refractivity contribution in [3.05, 3.63) is 71.3 Å². The molecule has 1 aliphatic heterocycles. The van der Waals surface area contributed by atoms with Gasteiger partial charge in [0.1, 0.15) is 0 Å². The number of carbonyl (C=O) groups is 1. The molecule has 0 spiro atoms. The fourth-order valence-corrected chi connectivity index (χ4v) is 3.07. The van der Waals surface area contributed by atoms with Crippen LogP contribution in [0.3, 0.4) is 0 Å². The van der Waals surface area contributed by atoms with Crippen LogP contribution in [-0.2, 0) is 0 Å². The Morgan fingerprint density at radius 3 is 2.55 bits per heavy atom. The minimum Gasteiger partial charge on any atom is -0.329 e. The van der Waals surface area contributed by atoms with E-state index in [1.807, 2.05) is 54.3 Å². The monoisotopic (exact) mass is 294 g/mol. The van der Waals surface area contributed by atoms with Crippen LogP contribution in [0.1, 0.15) is 27.5 Å². The standard InChI is InChI=1S/C19H22N2O/c1-15-7-6-10-17(13-15)19(22)21-12-11-20(2)14-18(21)16-8-4-3-5-9-16/h3-10,13,18H,11-12,14H2,1-2H3. The molecular weight excluding hydrogens is 272 g/mol. The average Bonchev–Trinajstić information content (AvgIpc) is 2.55. The van der Waals surface area contributed by atoms with Crippen molar-refractivity contribution in [2.75, 3.05) is 26.7 Å². The Balaban J connectivity index is 1.91. The van der Waals surface area contributed by atoms with Crippen molar-refractivity contribution >= 4 is 5.91 Å². The van der Waals surface area contributed by atoms with E-state index in [1.54, 1.807) is 0 Å². The second kappa shape index (κ2) is 6.32. The quantitative estimate of drug-likeness (QED) is 0.849. The third-order valence-electron chi connectivity index (χ3n) is 4.29. The molecule has 1 saturated heterocycles. The SMILES string of the molecule is Cc1cccc(C(=O)N2CCN(C)CC2c2ccccc2)c1. The summed E-state index contributed by atoms with van der Waals surface area (Å²) in [6, 6.07) is 18.3. The van der Waals surface area contributed by atoms with E-state index in [1.165, 1.54) is 5.56 Å². The van der Waals surface area contributed by atoms with Crippen LogP contribution in [-0.4, -0.2) is 42.4 Å². The predicted molar refractivity (Wildman–Crippen MR) is 88.9 cm³/mol. The van der Waals surface area contributed by atoms with Crippen molar-refractivity contribution in [3.63, 3.8) is 0 Å². The summed E-state index contributed by atoms with van der Waals surface area (Å²) in [5, 5.41) is 0. The lowest BCUT2D eigenvalue weighted by molar-refractivity contribution is 0.0498. The van der Waals surface area contributed by atoms with Gasteiger partial charge in [0.05, 0.1) is 6.04 Å². The van der Waals surface area contributed by atoms with E-state index in [-0.39, 0.29) is 11.9 Å². The van der Waals surface area contributed by atoms with Gasteiger partial charge in [0.2, 0.25) is 0 Å². The third-order valence-corrected chi connectivity index (χ3v) is 4.29. The highest BCUT2D eigenvalue weighted by atomic mass is 16.2. The van der Waals surface area contributed by atoms with Gasteiger partial charge in [0.15, 0.2) is 0 Å². The number of nitrogens with zero attached hydrogens (tertiary/aromatic N) is 2. The molecule has 2 aromatic carbocycles. The van der Waals surface area contributed by atoms with Crippen LogP contribution in [0.4, 0.5) is 0 Å². The third kappa shape index (κ3) is 3.04. The van der Waals surface area contributed by atoms with Crippen LogP contribution in [0, 0.1) is 6.92 Å². The number of piperazine rings is 1. The molecule has 22 heavy (non-hydrogen) atoms. The first-order valence-corrected chi connectivity index (χ1v) is 7.76. The minimum absolute atomic E-state index is 0.118. The highest BCUT2D eigenvalue weighted by Crippen LogP contribution is 2.26. The van der Waals surface area contributed by atoms with Crippen LogP contribution in [0.15, 0.2) is 54.6 Å². The fraction of sp³-hybridized carbons (Fsp3) is 0.316. The molecule has 0 aromatic heterocycles. The Bertz CT molecular complexity index is 653. The number of likely N-dealkylation sites (N-methyl/N-ethyl adjacent to an activating group) is 1. The topological polar surface area (TPSA) is 23.6 Å². The summed E-state index contributed by atoms with van der Waals surface area (Å²) in [5.74, 6) is 0.130. The summed E-state index contributed by atoms with van der Waals surface area (Å²) in [6.45, 7) is 4.58. The first-order valence-electron chi connectivity index (χ1n) is 7.76. The van der Waals surface area contributed by atoms with Gasteiger partial charge >= 0.3 is 0 Å². The van der Waals surface area contributed by atoms with Gasteiger partial charge in [0, 0.05) is 25.2 Å². The summed E-state index contributed by atoms with van der Waals surface area (Å²) in [5.41, 5.74) is 3.11. The lowest BCUT2D eigenvalue weighted by Gasteiger charge is -2.40. The zero-order valence-electron chi connectivity index (χ0n) is 13.2. The van der Waals surface area contributed by atoms with Gasteiger partial charge in [-0.05, 0) is 31.7 Å². The molecule has 1 atom stereocenters. The summed E-state index contributed by atoms with van der Waals surface area (Å²) >= 11 is 0. The Hall–Kier alpha value is -2.13. The maximum absolute atomic E-state index is 12.9. The van der Waals surface area contributed by atoms with Gasteiger partial charge in [-0.15, -0.1) is 0 Å². The van der Waals surface area contributed by atoms with Crippen molar-refractivity contribution in [1.82, 2.24) is 9.80 Å². The lowest BCUT2D eigenvalue weighted by Crippen LogP contribution is -2.49.